The Kier molecular flexibility index (Phi) is 6.46. The van der Waals surface area contributed by atoms with Gasteiger partial charge in [-0.05, 0) is 50.6 Å². The first-order valence-electron chi connectivity index (χ1n) is 9.66. The van der Waals surface area contributed by atoms with Gasteiger partial charge in [-0.2, -0.15) is 13.2 Å². The van der Waals surface area contributed by atoms with Crippen molar-refractivity contribution in [2.45, 2.75) is 37.4 Å². The molecule has 0 amide bonds. The molecule has 12 heteroatoms. The molecule has 3 aromatic rings. The van der Waals surface area contributed by atoms with E-state index >= 15 is 0 Å². The third kappa shape index (κ3) is 5.29. The first kappa shape index (κ1) is 24.6. The number of sulfonamides is 1. The molecule has 33 heavy (non-hydrogen) atoms. The van der Waals surface area contributed by atoms with Crippen molar-refractivity contribution < 1.29 is 26.7 Å². The number of benzene rings is 1. The second-order valence-electron chi connectivity index (χ2n) is 7.75. The largest absolute Gasteiger partial charge is 0.418 e. The summed E-state index contributed by atoms with van der Waals surface area (Å²) in [5, 5.41) is 9.54. The minimum absolute atomic E-state index is 0.168. The summed E-state index contributed by atoms with van der Waals surface area (Å²) in [6.45, 7) is 2.78. The average Bonchev–Trinajstić information content (AvgIpc) is 2.72. The van der Waals surface area contributed by atoms with Gasteiger partial charge in [0.15, 0.2) is 5.60 Å². The summed E-state index contributed by atoms with van der Waals surface area (Å²) in [6.07, 6.45) is -2.03. The van der Waals surface area contributed by atoms with Crippen LogP contribution in [0.5, 0.6) is 0 Å². The second-order valence-corrected chi connectivity index (χ2v) is 9.51. The fraction of sp³-hybridized carbons (Fsp3) is 0.286. The minimum atomic E-state index is -5.00. The molecule has 0 bridgehead atoms. The maximum absolute atomic E-state index is 12.9. The number of aromatic nitrogens is 3. The highest BCUT2D eigenvalue weighted by Gasteiger charge is 2.50. The quantitative estimate of drug-likeness (QED) is 0.493. The van der Waals surface area contributed by atoms with Crippen LogP contribution in [0.1, 0.15) is 18.2 Å². The maximum Gasteiger partial charge on any atom is 0.418 e. The van der Waals surface area contributed by atoms with E-state index in [4.69, 9.17) is 5.73 Å². The molecule has 2 aromatic heterocycles. The number of aliphatic hydroxyl groups is 1. The van der Waals surface area contributed by atoms with Crippen LogP contribution in [-0.4, -0.2) is 46.8 Å². The Morgan fingerprint density at radius 2 is 1.82 bits per heavy atom. The Bertz CT molecular complexity index is 1290. The lowest BCUT2D eigenvalue weighted by molar-refractivity contribution is -0.249. The summed E-state index contributed by atoms with van der Waals surface area (Å²) in [4.78, 5) is 12.5. The van der Waals surface area contributed by atoms with Crippen molar-refractivity contribution in [3.63, 3.8) is 0 Å². The number of rotatable bonds is 6. The van der Waals surface area contributed by atoms with Crippen molar-refractivity contribution in [1.82, 2.24) is 19.7 Å². The molecular weight excluding hydrogens is 459 g/mol. The van der Waals surface area contributed by atoms with Gasteiger partial charge in [0.2, 0.25) is 10.0 Å². The van der Waals surface area contributed by atoms with Crippen molar-refractivity contribution in [1.29, 1.82) is 0 Å². The molecule has 1 aromatic carbocycles. The highest BCUT2D eigenvalue weighted by molar-refractivity contribution is 7.89. The Morgan fingerprint density at radius 1 is 1.12 bits per heavy atom. The molecule has 0 aliphatic rings. The Morgan fingerprint density at radius 3 is 2.45 bits per heavy atom. The van der Waals surface area contributed by atoms with Crippen molar-refractivity contribution >= 4 is 15.8 Å². The van der Waals surface area contributed by atoms with Crippen LogP contribution < -0.4 is 10.5 Å². The molecule has 0 spiro atoms. The monoisotopic (exact) mass is 481 g/mol. The number of alkyl halides is 3. The number of nitrogens with one attached hydrogen (secondary N) is 1. The zero-order chi connectivity index (χ0) is 24.6. The van der Waals surface area contributed by atoms with E-state index in [0.29, 0.717) is 35.0 Å². The highest BCUT2D eigenvalue weighted by atomic mass is 32.2. The van der Waals surface area contributed by atoms with Crippen LogP contribution in [0.3, 0.4) is 0 Å². The van der Waals surface area contributed by atoms with Crippen molar-refractivity contribution in [2.75, 3.05) is 12.3 Å². The van der Waals surface area contributed by atoms with E-state index in [0.717, 1.165) is 5.69 Å². The van der Waals surface area contributed by atoms with Crippen LogP contribution in [0.4, 0.5) is 19.0 Å². The molecule has 0 radical (unpaired) electrons. The van der Waals surface area contributed by atoms with Gasteiger partial charge in [0, 0.05) is 29.6 Å². The van der Waals surface area contributed by atoms with Gasteiger partial charge in [-0.15, -0.1) is 0 Å². The summed E-state index contributed by atoms with van der Waals surface area (Å²) < 4.78 is 65.7. The molecule has 0 aliphatic carbocycles. The molecule has 1 atom stereocenters. The van der Waals surface area contributed by atoms with E-state index in [1.165, 1.54) is 24.4 Å². The van der Waals surface area contributed by atoms with Gasteiger partial charge in [-0.25, -0.2) is 23.1 Å². The summed E-state index contributed by atoms with van der Waals surface area (Å²) in [5.74, 6) is 0.168. The lowest BCUT2D eigenvalue weighted by Crippen LogP contribution is -2.51. The fourth-order valence-corrected chi connectivity index (χ4v) is 4.05. The average molecular weight is 482 g/mol. The number of aryl methyl sites for hydroxylation is 2. The van der Waals surface area contributed by atoms with Crippen LogP contribution in [0.15, 0.2) is 47.6 Å². The lowest BCUT2D eigenvalue weighted by Gasteiger charge is -2.26. The molecule has 0 unspecified atom stereocenters. The number of pyridine rings is 1. The third-order valence-electron chi connectivity index (χ3n) is 4.98. The van der Waals surface area contributed by atoms with Gasteiger partial charge in [-0.3, -0.25) is 4.98 Å². The van der Waals surface area contributed by atoms with Gasteiger partial charge in [0.25, 0.3) is 0 Å². The Labute approximate surface area is 188 Å². The van der Waals surface area contributed by atoms with Crippen molar-refractivity contribution in [2.24, 2.45) is 0 Å². The van der Waals surface area contributed by atoms with Crippen molar-refractivity contribution in [3.05, 3.63) is 54.0 Å². The van der Waals surface area contributed by atoms with Crippen LogP contribution in [0.2, 0.25) is 0 Å². The van der Waals surface area contributed by atoms with E-state index in [1.54, 1.807) is 32.2 Å². The highest BCUT2D eigenvalue weighted by Crippen LogP contribution is 2.31. The summed E-state index contributed by atoms with van der Waals surface area (Å²) in [6, 6.07) is 7.51. The van der Waals surface area contributed by atoms with Crippen LogP contribution in [0, 0.1) is 13.8 Å². The number of hydrogen-bond donors (Lipinski definition) is 3. The number of nitrogens with zero attached hydrogens (tertiary/aromatic N) is 3. The lowest BCUT2D eigenvalue weighted by atomic mass is 10.1. The number of nitrogens with two attached hydrogens (primary N) is 1. The summed E-state index contributed by atoms with van der Waals surface area (Å²) >= 11 is 0. The van der Waals surface area contributed by atoms with E-state index in [9.17, 15) is 26.7 Å². The van der Waals surface area contributed by atoms with Crippen LogP contribution >= 0.6 is 0 Å². The third-order valence-corrected chi connectivity index (χ3v) is 6.38. The molecule has 4 N–H and O–H groups in total. The molecule has 2 heterocycles. The van der Waals surface area contributed by atoms with E-state index < -0.39 is 28.3 Å². The van der Waals surface area contributed by atoms with Crippen LogP contribution in [0.25, 0.3) is 22.5 Å². The number of anilines is 1. The normalized spacial score (nSPS) is 14.2. The van der Waals surface area contributed by atoms with Gasteiger partial charge in [0.05, 0.1) is 16.8 Å². The SMILES string of the molecule is Cc1cc(-c2nc(-c3cc(S(=O)(=O)NC[C@@](C)(O)C(F)(F)F)ccc3C)cnc2N)ccn1. The molecule has 0 fully saturated rings. The molecule has 0 aliphatic heterocycles. The fourth-order valence-electron chi connectivity index (χ4n) is 2.90. The van der Waals surface area contributed by atoms with Gasteiger partial charge < -0.3 is 10.8 Å². The Hall–Kier alpha value is -3.09. The number of nitrogen functional groups attached to an aromatic ring is 1. The minimum Gasteiger partial charge on any atom is -0.382 e. The maximum atomic E-state index is 12.9. The molecule has 176 valence electrons. The molecule has 0 saturated heterocycles. The smallest absolute Gasteiger partial charge is 0.382 e. The van der Waals surface area contributed by atoms with Gasteiger partial charge in [0.1, 0.15) is 11.5 Å². The summed E-state index contributed by atoms with van der Waals surface area (Å²) in [7, 11) is -4.37. The zero-order valence-corrected chi connectivity index (χ0v) is 18.8. The van der Waals surface area contributed by atoms with Crippen molar-refractivity contribution in [3.8, 4) is 22.5 Å². The molecule has 3 rings (SSSR count). The molecule has 8 nitrogen and oxygen atoms in total. The zero-order valence-electron chi connectivity index (χ0n) is 18.0. The predicted octanol–water partition coefficient (Wildman–Crippen LogP) is 3.00. The standard InChI is InChI=1S/C21H22F3N5O3S/c1-12-4-5-15(33(31,32)28-11-20(3,30)21(22,23)24)9-16(12)17-10-27-19(25)18(29-17)14-6-7-26-13(2)8-14/h4-10,28,30H,11H2,1-3H3,(H2,25,27)/t20-/m1/s1. The topological polar surface area (TPSA) is 131 Å². The number of hydrogen-bond acceptors (Lipinski definition) is 7. The van der Waals surface area contributed by atoms with E-state index in [-0.39, 0.29) is 10.7 Å². The predicted molar refractivity (Wildman–Crippen MR) is 116 cm³/mol. The first-order chi connectivity index (χ1) is 15.2. The summed E-state index contributed by atoms with van der Waals surface area (Å²) in [5.41, 5.74) is 5.94. The second kappa shape index (κ2) is 8.69. The van der Waals surface area contributed by atoms with Gasteiger partial charge >= 0.3 is 6.18 Å². The van der Waals surface area contributed by atoms with Crippen LogP contribution in [-0.2, 0) is 10.0 Å². The molecule has 0 saturated carbocycles. The van der Waals surface area contributed by atoms with Gasteiger partial charge in [-0.1, -0.05) is 6.07 Å². The van der Waals surface area contributed by atoms with E-state index in [1.807, 2.05) is 4.72 Å². The first-order valence-corrected chi connectivity index (χ1v) is 11.1. The van der Waals surface area contributed by atoms with E-state index in [2.05, 4.69) is 15.0 Å². The Balaban J connectivity index is 1.99. The molecular formula is C21H22F3N5O3S. The number of halogens is 3.